The van der Waals surface area contributed by atoms with E-state index < -0.39 is 0 Å². The van der Waals surface area contributed by atoms with Gasteiger partial charge in [-0.2, -0.15) is 0 Å². The molecule has 0 saturated heterocycles. The van der Waals surface area contributed by atoms with Crippen molar-refractivity contribution in [3.63, 3.8) is 0 Å². The molecule has 0 spiro atoms. The van der Waals surface area contributed by atoms with Crippen molar-refractivity contribution in [2.75, 3.05) is 24.2 Å². The van der Waals surface area contributed by atoms with Crippen molar-refractivity contribution >= 4 is 22.7 Å². The van der Waals surface area contributed by atoms with Crippen molar-refractivity contribution in [3.8, 4) is 0 Å². The Bertz CT molecular complexity index is 590. The Balaban J connectivity index is 1.82. The van der Waals surface area contributed by atoms with Gasteiger partial charge in [-0.25, -0.2) is 9.97 Å². The highest BCUT2D eigenvalue weighted by Gasteiger charge is 2.18. The van der Waals surface area contributed by atoms with Crippen molar-refractivity contribution in [3.05, 3.63) is 24.3 Å². The van der Waals surface area contributed by atoms with Crippen LogP contribution in [0.3, 0.4) is 0 Å². The second-order valence-corrected chi connectivity index (χ2v) is 5.81. The second-order valence-electron chi connectivity index (χ2n) is 5.81. The van der Waals surface area contributed by atoms with Gasteiger partial charge < -0.3 is 10.6 Å². The topological polar surface area (TPSA) is 55.0 Å². The van der Waals surface area contributed by atoms with Gasteiger partial charge in [0.2, 0.25) is 0 Å². The van der Waals surface area contributed by atoms with E-state index in [2.05, 4.69) is 21.9 Å². The van der Waals surface area contributed by atoms with Gasteiger partial charge in [0, 0.05) is 13.6 Å². The van der Waals surface area contributed by atoms with E-state index in [1.165, 1.54) is 32.1 Å². The molecule has 0 aliphatic heterocycles. The normalized spacial score (nSPS) is 16.4. The van der Waals surface area contributed by atoms with E-state index in [9.17, 15) is 0 Å². The lowest BCUT2D eigenvalue weighted by atomic mass is 9.89. The first kappa shape index (κ1) is 13.2. The molecule has 0 unspecified atom stereocenters. The van der Waals surface area contributed by atoms with Crippen molar-refractivity contribution in [2.45, 2.75) is 32.1 Å². The van der Waals surface area contributed by atoms with Crippen LogP contribution in [0, 0.1) is 5.92 Å². The number of anilines is 2. The lowest BCUT2D eigenvalue weighted by molar-refractivity contribution is 0.361. The van der Waals surface area contributed by atoms with Gasteiger partial charge in [-0.1, -0.05) is 31.4 Å². The standard InChI is InChI=1S/C16H22N4/c1-20(11-12-7-3-2-4-8-12)16-15(17)18-13-9-5-6-10-14(13)19-16/h5-6,9-10,12H,2-4,7-8,11H2,1H3,(H2,17,18). The smallest absolute Gasteiger partial charge is 0.171 e. The first-order valence-corrected chi connectivity index (χ1v) is 7.47. The third kappa shape index (κ3) is 2.69. The molecule has 4 heteroatoms. The van der Waals surface area contributed by atoms with Crippen molar-refractivity contribution in [1.82, 2.24) is 9.97 Å². The third-order valence-electron chi connectivity index (χ3n) is 4.20. The van der Waals surface area contributed by atoms with Crippen LogP contribution in [0.5, 0.6) is 0 Å². The molecule has 4 nitrogen and oxygen atoms in total. The Morgan fingerprint density at radius 2 is 1.75 bits per heavy atom. The van der Waals surface area contributed by atoms with Crippen LogP contribution in [-0.4, -0.2) is 23.6 Å². The van der Waals surface area contributed by atoms with Crippen LogP contribution in [0.2, 0.25) is 0 Å². The number of nitrogen functional groups attached to an aromatic ring is 1. The number of para-hydroxylation sites is 2. The minimum atomic E-state index is 0.530. The van der Waals surface area contributed by atoms with Gasteiger partial charge >= 0.3 is 0 Å². The predicted molar refractivity (Wildman–Crippen MR) is 83.8 cm³/mol. The molecule has 0 radical (unpaired) electrons. The lowest BCUT2D eigenvalue weighted by Crippen LogP contribution is -2.28. The monoisotopic (exact) mass is 270 g/mol. The van der Waals surface area contributed by atoms with Gasteiger partial charge in [0.25, 0.3) is 0 Å². The molecule has 20 heavy (non-hydrogen) atoms. The van der Waals surface area contributed by atoms with Gasteiger partial charge in [-0.3, -0.25) is 0 Å². The zero-order valence-electron chi connectivity index (χ0n) is 12.0. The average molecular weight is 270 g/mol. The molecule has 0 amide bonds. The van der Waals surface area contributed by atoms with Crippen molar-refractivity contribution in [1.29, 1.82) is 0 Å². The van der Waals surface area contributed by atoms with E-state index >= 15 is 0 Å². The maximum Gasteiger partial charge on any atom is 0.171 e. The molecule has 2 aromatic rings. The summed E-state index contributed by atoms with van der Waals surface area (Å²) >= 11 is 0. The molecular formula is C16H22N4. The summed E-state index contributed by atoms with van der Waals surface area (Å²) in [7, 11) is 2.07. The molecule has 1 aromatic carbocycles. The molecule has 1 aliphatic rings. The van der Waals surface area contributed by atoms with Gasteiger partial charge in [0.1, 0.15) is 0 Å². The summed E-state index contributed by atoms with van der Waals surface area (Å²) in [4.78, 5) is 11.3. The van der Waals surface area contributed by atoms with Crippen LogP contribution in [-0.2, 0) is 0 Å². The lowest BCUT2D eigenvalue weighted by Gasteiger charge is -2.28. The number of nitrogens with zero attached hydrogens (tertiary/aromatic N) is 3. The van der Waals surface area contributed by atoms with Gasteiger partial charge in [-0.05, 0) is 30.9 Å². The summed E-state index contributed by atoms with van der Waals surface area (Å²) in [5.41, 5.74) is 7.85. The molecule has 1 fully saturated rings. The van der Waals surface area contributed by atoms with Crippen molar-refractivity contribution < 1.29 is 0 Å². The molecule has 1 aromatic heterocycles. The van der Waals surface area contributed by atoms with E-state index in [1.54, 1.807) is 0 Å². The van der Waals surface area contributed by atoms with Gasteiger partial charge in [-0.15, -0.1) is 0 Å². The zero-order valence-corrected chi connectivity index (χ0v) is 12.0. The maximum atomic E-state index is 6.08. The molecule has 1 saturated carbocycles. The van der Waals surface area contributed by atoms with Crippen LogP contribution in [0.15, 0.2) is 24.3 Å². The quantitative estimate of drug-likeness (QED) is 0.930. The van der Waals surface area contributed by atoms with Crippen LogP contribution in [0.1, 0.15) is 32.1 Å². The number of hydrogen-bond acceptors (Lipinski definition) is 4. The highest BCUT2D eigenvalue weighted by molar-refractivity contribution is 5.79. The molecular weight excluding hydrogens is 248 g/mol. The summed E-state index contributed by atoms with van der Waals surface area (Å²) in [5, 5.41) is 0. The molecule has 3 rings (SSSR count). The molecule has 1 heterocycles. The van der Waals surface area contributed by atoms with Crippen LogP contribution in [0.4, 0.5) is 11.6 Å². The van der Waals surface area contributed by atoms with Crippen LogP contribution in [0.25, 0.3) is 11.0 Å². The van der Waals surface area contributed by atoms with Crippen molar-refractivity contribution in [2.24, 2.45) is 5.92 Å². The minimum absolute atomic E-state index is 0.530. The van der Waals surface area contributed by atoms with Gasteiger partial charge in [0.15, 0.2) is 11.6 Å². The summed E-state index contributed by atoms with van der Waals surface area (Å²) in [6.07, 6.45) is 6.75. The Hall–Kier alpha value is -1.84. The summed E-state index contributed by atoms with van der Waals surface area (Å²) in [6, 6.07) is 7.88. The highest BCUT2D eigenvalue weighted by atomic mass is 15.2. The number of nitrogens with two attached hydrogens (primary N) is 1. The Kier molecular flexibility index (Phi) is 3.72. The Labute approximate surface area is 120 Å². The summed E-state index contributed by atoms with van der Waals surface area (Å²) < 4.78 is 0. The van der Waals surface area contributed by atoms with E-state index in [1.807, 2.05) is 24.3 Å². The van der Waals surface area contributed by atoms with E-state index in [0.717, 1.165) is 29.3 Å². The Morgan fingerprint density at radius 3 is 2.45 bits per heavy atom. The minimum Gasteiger partial charge on any atom is -0.381 e. The van der Waals surface area contributed by atoms with E-state index in [0.29, 0.717) is 5.82 Å². The fourth-order valence-electron chi connectivity index (χ4n) is 3.13. The number of benzene rings is 1. The number of aromatic nitrogens is 2. The first-order chi connectivity index (χ1) is 9.74. The SMILES string of the molecule is CN(CC1CCCCC1)c1nc2ccccc2nc1N. The number of fused-ring (bicyclic) bond motifs is 1. The van der Waals surface area contributed by atoms with Gasteiger partial charge in [0.05, 0.1) is 11.0 Å². The average Bonchev–Trinajstić information content (AvgIpc) is 2.47. The van der Waals surface area contributed by atoms with Crippen LogP contribution >= 0.6 is 0 Å². The second kappa shape index (κ2) is 5.65. The van der Waals surface area contributed by atoms with Crippen LogP contribution < -0.4 is 10.6 Å². The number of hydrogen-bond donors (Lipinski definition) is 1. The Morgan fingerprint density at radius 1 is 1.10 bits per heavy atom. The third-order valence-corrected chi connectivity index (χ3v) is 4.20. The molecule has 2 N–H and O–H groups in total. The largest absolute Gasteiger partial charge is 0.381 e. The van der Waals surface area contributed by atoms with E-state index in [4.69, 9.17) is 5.73 Å². The fourth-order valence-corrected chi connectivity index (χ4v) is 3.13. The molecule has 106 valence electrons. The zero-order chi connectivity index (χ0) is 13.9. The summed E-state index contributed by atoms with van der Waals surface area (Å²) in [5.74, 6) is 2.11. The molecule has 1 aliphatic carbocycles. The molecule has 0 bridgehead atoms. The first-order valence-electron chi connectivity index (χ1n) is 7.47. The summed E-state index contributed by atoms with van der Waals surface area (Å²) in [6.45, 7) is 1.03. The highest BCUT2D eigenvalue weighted by Crippen LogP contribution is 2.27. The maximum absolute atomic E-state index is 6.08. The molecule has 0 atom stereocenters. The predicted octanol–water partition coefficient (Wildman–Crippen LogP) is 3.23. The number of rotatable bonds is 3. The van der Waals surface area contributed by atoms with E-state index in [-0.39, 0.29) is 0 Å². The fraction of sp³-hybridized carbons (Fsp3) is 0.500.